The molecule has 0 aliphatic rings. The lowest BCUT2D eigenvalue weighted by atomic mass is 9.95. The van der Waals surface area contributed by atoms with Gasteiger partial charge in [-0.2, -0.15) is 0 Å². The number of rotatable bonds is 10. The van der Waals surface area contributed by atoms with Crippen LogP contribution in [0.4, 0.5) is 5.69 Å². The molecule has 1 N–H and O–H groups in total. The van der Waals surface area contributed by atoms with Crippen molar-refractivity contribution < 1.29 is 0 Å². The van der Waals surface area contributed by atoms with Gasteiger partial charge in [0.25, 0.3) is 0 Å². The molecule has 6 aromatic rings. The van der Waals surface area contributed by atoms with Crippen LogP contribution in [0.3, 0.4) is 0 Å². The zero-order valence-corrected chi connectivity index (χ0v) is 29.1. The summed E-state index contributed by atoms with van der Waals surface area (Å²) < 4.78 is 2.46. The molecule has 1 unspecified atom stereocenters. The highest BCUT2D eigenvalue weighted by Gasteiger charge is 2.20. The van der Waals surface area contributed by atoms with Gasteiger partial charge in [-0.15, -0.1) is 31.8 Å². The molecule has 0 saturated heterocycles. The quantitative estimate of drug-likeness (QED) is 0.0993. The van der Waals surface area contributed by atoms with Crippen LogP contribution in [-0.2, 0) is 12.0 Å². The van der Waals surface area contributed by atoms with E-state index < -0.39 is 0 Å². The first-order valence-electron chi connectivity index (χ1n) is 16.2. The Morgan fingerprint density at radius 3 is 2.23 bits per heavy atom. The van der Waals surface area contributed by atoms with Crippen molar-refractivity contribution in [3.63, 3.8) is 0 Å². The zero-order chi connectivity index (χ0) is 33.0. The molecule has 0 spiro atoms. The number of benzene rings is 5. The summed E-state index contributed by atoms with van der Waals surface area (Å²) in [6, 6.07) is 40.8. The highest BCUT2D eigenvalue weighted by atomic mass is 32.1. The third-order valence-electron chi connectivity index (χ3n) is 8.56. The standard InChI is InChI=1S/C43H42N2S2/c1-5-14-34(28-33(36-20-8-11-24-42(36)47)18-12-16-30-15-6-10-23-41(30)46)44-35-19-13-17-31(27-35)32-25-26-40-38(29-32)37-21-7-9-22-39(37)45(40)43(2,3)4/h5-13,15,17-29,33,44,46-47H,1,14,16H2,2-4H3/b18-12-,34-28-. The maximum absolute atomic E-state index is 4.82. The van der Waals surface area contributed by atoms with E-state index in [2.05, 4.69) is 165 Å². The largest absolute Gasteiger partial charge is 0.359 e. The van der Waals surface area contributed by atoms with Crippen LogP contribution in [0.25, 0.3) is 32.9 Å². The normalized spacial score (nSPS) is 13.0. The lowest BCUT2D eigenvalue weighted by molar-refractivity contribution is 0.423. The molecule has 2 nitrogen and oxygen atoms in total. The number of fused-ring (bicyclic) bond motifs is 3. The second kappa shape index (κ2) is 14.2. The molecular formula is C43H42N2S2. The Morgan fingerprint density at radius 1 is 0.766 bits per heavy atom. The van der Waals surface area contributed by atoms with E-state index in [-0.39, 0.29) is 11.5 Å². The predicted octanol–water partition coefficient (Wildman–Crippen LogP) is 12.2. The van der Waals surface area contributed by atoms with Gasteiger partial charge in [-0.3, -0.25) is 0 Å². The number of hydrogen-bond acceptors (Lipinski definition) is 3. The maximum atomic E-state index is 4.82. The average Bonchev–Trinajstić information content (AvgIpc) is 3.40. The first kappa shape index (κ1) is 32.6. The Morgan fingerprint density at radius 2 is 1.47 bits per heavy atom. The fourth-order valence-corrected chi connectivity index (χ4v) is 6.98. The van der Waals surface area contributed by atoms with E-state index >= 15 is 0 Å². The van der Waals surface area contributed by atoms with Crippen molar-refractivity contribution in [1.29, 1.82) is 0 Å². The molecule has 6 rings (SSSR count). The summed E-state index contributed by atoms with van der Waals surface area (Å²) in [5, 5.41) is 6.29. The molecule has 0 radical (unpaired) electrons. The van der Waals surface area contributed by atoms with E-state index in [0.717, 1.165) is 33.2 Å². The van der Waals surface area contributed by atoms with E-state index in [1.165, 1.54) is 38.5 Å². The van der Waals surface area contributed by atoms with Crippen LogP contribution < -0.4 is 5.32 Å². The highest BCUT2D eigenvalue weighted by molar-refractivity contribution is 7.80. The average molecular weight is 651 g/mol. The van der Waals surface area contributed by atoms with E-state index in [1.807, 2.05) is 24.3 Å². The number of para-hydroxylation sites is 1. The molecule has 0 bridgehead atoms. The van der Waals surface area contributed by atoms with E-state index in [0.29, 0.717) is 6.42 Å². The van der Waals surface area contributed by atoms with Crippen molar-refractivity contribution >= 4 is 52.8 Å². The summed E-state index contributed by atoms with van der Waals surface area (Å²) >= 11 is 9.47. The molecule has 1 atom stereocenters. The van der Waals surface area contributed by atoms with Gasteiger partial charge >= 0.3 is 0 Å². The summed E-state index contributed by atoms with van der Waals surface area (Å²) in [4.78, 5) is 1.97. The van der Waals surface area contributed by atoms with Gasteiger partial charge in [0.15, 0.2) is 0 Å². The number of hydrogen-bond donors (Lipinski definition) is 3. The predicted molar refractivity (Wildman–Crippen MR) is 209 cm³/mol. The van der Waals surface area contributed by atoms with Gasteiger partial charge in [-0.1, -0.05) is 97.1 Å². The first-order valence-corrected chi connectivity index (χ1v) is 17.1. The lowest BCUT2D eigenvalue weighted by Crippen LogP contribution is -2.21. The number of allylic oxidation sites excluding steroid dienone is 4. The highest BCUT2D eigenvalue weighted by Crippen LogP contribution is 2.37. The van der Waals surface area contributed by atoms with Crippen molar-refractivity contribution in [3.8, 4) is 11.1 Å². The van der Waals surface area contributed by atoms with Gasteiger partial charge < -0.3 is 9.88 Å². The number of anilines is 1. The maximum Gasteiger partial charge on any atom is 0.0496 e. The molecule has 47 heavy (non-hydrogen) atoms. The number of nitrogens with zero attached hydrogens (tertiary/aromatic N) is 1. The van der Waals surface area contributed by atoms with Crippen LogP contribution in [0.15, 0.2) is 162 Å². The molecule has 236 valence electrons. The van der Waals surface area contributed by atoms with Crippen molar-refractivity contribution in [3.05, 3.63) is 163 Å². The van der Waals surface area contributed by atoms with Crippen LogP contribution in [0.2, 0.25) is 0 Å². The molecule has 0 saturated carbocycles. The van der Waals surface area contributed by atoms with Gasteiger partial charge in [0.2, 0.25) is 0 Å². The molecule has 0 aliphatic heterocycles. The van der Waals surface area contributed by atoms with E-state index in [9.17, 15) is 0 Å². The molecule has 0 aliphatic carbocycles. The van der Waals surface area contributed by atoms with E-state index in [4.69, 9.17) is 12.6 Å². The topological polar surface area (TPSA) is 17.0 Å². The second-order valence-electron chi connectivity index (χ2n) is 13.0. The number of thiol groups is 2. The summed E-state index contributed by atoms with van der Waals surface area (Å²) in [6.45, 7) is 10.9. The molecule has 4 heteroatoms. The fraction of sp³-hybridized carbons (Fsp3) is 0.163. The SMILES string of the molecule is C=CC/C(=C/C(/C=C\Cc1ccccc1S)c1ccccc1S)Nc1cccc(-c2ccc3c(c2)c2ccccc2n3C(C)(C)C)c1. The summed E-state index contributed by atoms with van der Waals surface area (Å²) in [5.74, 6) is 0.0314. The van der Waals surface area contributed by atoms with Gasteiger partial charge in [0.1, 0.15) is 0 Å². The molecular weight excluding hydrogens is 609 g/mol. The van der Waals surface area contributed by atoms with Crippen molar-refractivity contribution in [2.24, 2.45) is 0 Å². The summed E-state index contributed by atoms with van der Waals surface area (Å²) in [7, 11) is 0. The zero-order valence-electron chi connectivity index (χ0n) is 27.3. The fourth-order valence-electron chi connectivity index (χ4n) is 6.41. The molecule has 1 heterocycles. The molecule has 0 fully saturated rings. The van der Waals surface area contributed by atoms with Crippen molar-refractivity contribution in [2.75, 3.05) is 5.32 Å². The smallest absolute Gasteiger partial charge is 0.0496 e. The number of aromatic nitrogens is 1. The van der Waals surface area contributed by atoms with Gasteiger partial charge in [0, 0.05) is 60.9 Å². The monoisotopic (exact) mass is 650 g/mol. The Balaban J connectivity index is 1.33. The van der Waals surface area contributed by atoms with Crippen LogP contribution >= 0.6 is 25.3 Å². The van der Waals surface area contributed by atoms with Gasteiger partial charge in [-0.05, 0) is 91.9 Å². The second-order valence-corrected chi connectivity index (χ2v) is 14.0. The van der Waals surface area contributed by atoms with Crippen LogP contribution in [0.1, 0.15) is 44.2 Å². The Bertz CT molecular complexity index is 2110. The minimum Gasteiger partial charge on any atom is -0.359 e. The first-order chi connectivity index (χ1) is 22.7. The van der Waals surface area contributed by atoms with Crippen molar-refractivity contribution in [1.82, 2.24) is 4.57 Å². The lowest BCUT2D eigenvalue weighted by Gasteiger charge is -2.24. The minimum absolute atomic E-state index is 0.0296. The van der Waals surface area contributed by atoms with Crippen LogP contribution in [0.5, 0.6) is 0 Å². The minimum atomic E-state index is -0.0296. The van der Waals surface area contributed by atoms with Crippen LogP contribution in [-0.4, -0.2) is 4.57 Å². The molecule has 0 amide bonds. The summed E-state index contributed by atoms with van der Waals surface area (Å²) in [6.07, 6.45) is 10.3. The third kappa shape index (κ3) is 7.30. The number of nitrogens with one attached hydrogen (secondary N) is 1. The third-order valence-corrected chi connectivity index (χ3v) is 9.40. The van der Waals surface area contributed by atoms with Crippen molar-refractivity contribution in [2.45, 2.75) is 54.9 Å². The molecule has 5 aromatic carbocycles. The Labute approximate surface area is 290 Å². The summed E-state index contributed by atoms with van der Waals surface area (Å²) in [5.41, 5.74) is 9.35. The van der Waals surface area contributed by atoms with Gasteiger partial charge in [-0.25, -0.2) is 0 Å². The Hall–Kier alpha value is -4.38. The van der Waals surface area contributed by atoms with Gasteiger partial charge in [0.05, 0.1) is 0 Å². The Kier molecular flexibility index (Phi) is 9.81. The molecule has 1 aromatic heterocycles. The van der Waals surface area contributed by atoms with E-state index in [1.54, 1.807) is 0 Å². The van der Waals surface area contributed by atoms with Crippen LogP contribution in [0, 0.1) is 0 Å².